The van der Waals surface area contributed by atoms with Crippen LogP contribution in [0.3, 0.4) is 0 Å². The molecule has 0 fully saturated rings. The van der Waals surface area contributed by atoms with Gasteiger partial charge in [0.15, 0.2) is 0 Å². The third-order valence-corrected chi connectivity index (χ3v) is 2.23. The van der Waals surface area contributed by atoms with Crippen molar-refractivity contribution in [3.63, 3.8) is 0 Å². The molecule has 0 spiro atoms. The standard InChI is InChI=1S/C12H7N3O/c1-2-6-15-11-4-3-5-14-10(11)7-9(8-13)12(15)16/h1,3-5,7H,6H2. The van der Waals surface area contributed by atoms with E-state index in [0.717, 1.165) is 0 Å². The Balaban J connectivity index is 2.93. The van der Waals surface area contributed by atoms with E-state index in [4.69, 9.17) is 11.7 Å². The maximum Gasteiger partial charge on any atom is 0.269 e. The lowest BCUT2D eigenvalue weighted by molar-refractivity contribution is 0.830. The van der Waals surface area contributed by atoms with Gasteiger partial charge in [-0.3, -0.25) is 14.3 Å². The fourth-order valence-corrected chi connectivity index (χ4v) is 1.53. The first-order valence-corrected chi connectivity index (χ1v) is 4.60. The Morgan fingerprint density at radius 1 is 1.56 bits per heavy atom. The fraction of sp³-hybridized carbons (Fsp3) is 0.0833. The lowest BCUT2D eigenvalue weighted by Gasteiger charge is -2.06. The van der Waals surface area contributed by atoms with Gasteiger partial charge in [0.25, 0.3) is 5.56 Å². The Hall–Kier alpha value is -2.59. The minimum Gasteiger partial charge on any atom is -0.294 e. The van der Waals surface area contributed by atoms with E-state index >= 15 is 0 Å². The van der Waals surface area contributed by atoms with Crippen LogP contribution in [-0.2, 0) is 6.54 Å². The maximum absolute atomic E-state index is 11.8. The normalized spacial score (nSPS) is 9.62. The lowest BCUT2D eigenvalue weighted by atomic mass is 10.2. The number of nitriles is 1. The average molecular weight is 209 g/mol. The summed E-state index contributed by atoms with van der Waals surface area (Å²) in [6.45, 7) is 0.135. The van der Waals surface area contributed by atoms with Crippen molar-refractivity contribution in [2.24, 2.45) is 0 Å². The highest BCUT2D eigenvalue weighted by Gasteiger charge is 2.08. The van der Waals surface area contributed by atoms with Crippen LogP contribution in [0.15, 0.2) is 29.2 Å². The molecule has 0 aliphatic heterocycles. The number of rotatable bonds is 1. The number of nitrogens with zero attached hydrogens (tertiary/aromatic N) is 3. The number of aromatic nitrogens is 2. The van der Waals surface area contributed by atoms with Gasteiger partial charge in [0.1, 0.15) is 11.6 Å². The summed E-state index contributed by atoms with van der Waals surface area (Å²) in [4.78, 5) is 15.9. The highest BCUT2D eigenvalue weighted by atomic mass is 16.1. The van der Waals surface area contributed by atoms with Crippen molar-refractivity contribution >= 4 is 11.0 Å². The molecule has 0 unspecified atom stereocenters. The second-order valence-electron chi connectivity index (χ2n) is 3.17. The molecule has 0 aromatic carbocycles. The zero-order valence-electron chi connectivity index (χ0n) is 8.34. The number of hydrogen-bond acceptors (Lipinski definition) is 3. The Bertz CT molecular complexity index is 686. The molecule has 0 saturated carbocycles. The maximum atomic E-state index is 11.8. The van der Waals surface area contributed by atoms with E-state index in [1.54, 1.807) is 18.3 Å². The molecule has 0 radical (unpaired) electrons. The largest absolute Gasteiger partial charge is 0.294 e. The van der Waals surface area contributed by atoms with E-state index in [1.807, 2.05) is 6.07 Å². The smallest absolute Gasteiger partial charge is 0.269 e. The van der Waals surface area contributed by atoms with E-state index < -0.39 is 0 Å². The molecule has 2 heterocycles. The van der Waals surface area contributed by atoms with Gasteiger partial charge in [0.2, 0.25) is 0 Å². The Morgan fingerprint density at radius 3 is 3.06 bits per heavy atom. The molecule has 0 aliphatic carbocycles. The third kappa shape index (κ3) is 1.43. The first kappa shape index (κ1) is 9.95. The number of fused-ring (bicyclic) bond motifs is 1. The zero-order valence-corrected chi connectivity index (χ0v) is 8.34. The van der Waals surface area contributed by atoms with Crippen LogP contribution in [0, 0.1) is 23.7 Å². The molecule has 0 N–H and O–H groups in total. The predicted octanol–water partition coefficient (Wildman–Crippen LogP) is 0.901. The molecule has 4 heteroatoms. The van der Waals surface area contributed by atoms with Crippen molar-refractivity contribution in [2.75, 3.05) is 0 Å². The van der Waals surface area contributed by atoms with Crippen LogP contribution < -0.4 is 5.56 Å². The summed E-state index contributed by atoms with van der Waals surface area (Å²) in [6, 6.07) is 6.80. The molecule has 0 amide bonds. The first-order valence-electron chi connectivity index (χ1n) is 4.60. The van der Waals surface area contributed by atoms with Gasteiger partial charge in [0, 0.05) is 6.20 Å². The van der Waals surface area contributed by atoms with Crippen molar-refractivity contribution in [3.05, 3.63) is 40.3 Å². The second-order valence-corrected chi connectivity index (χ2v) is 3.17. The second kappa shape index (κ2) is 3.88. The van der Waals surface area contributed by atoms with Crippen molar-refractivity contribution in [2.45, 2.75) is 6.54 Å². The summed E-state index contributed by atoms with van der Waals surface area (Å²) < 4.78 is 1.38. The van der Waals surface area contributed by atoms with Gasteiger partial charge in [-0.2, -0.15) is 5.26 Å². The van der Waals surface area contributed by atoms with Gasteiger partial charge in [-0.15, -0.1) is 6.42 Å². The predicted molar refractivity (Wildman–Crippen MR) is 59.6 cm³/mol. The summed E-state index contributed by atoms with van der Waals surface area (Å²) in [6.07, 6.45) is 6.80. The Labute approximate surface area is 91.8 Å². The number of hydrogen-bond donors (Lipinski definition) is 0. The van der Waals surface area contributed by atoms with E-state index in [2.05, 4.69) is 10.9 Å². The monoisotopic (exact) mass is 209 g/mol. The molecule has 0 bridgehead atoms. The molecule has 0 aliphatic rings. The summed E-state index contributed by atoms with van der Waals surface area (Å²) in [5, 5.41) is 8.83. The minimum atomic E-state index is -0.374. The van der Waals surface area contributed by atoms with Crippen molar-refractivity contribution in [1.29, 1.82) is 5.26 Å². The molecule has 0 atom stereocenters. The van der Waals surface area contributed by atoms with Crippen LogP contribution in [-0.4, -0.2) is 9.55 Å². The van der Waals surface area contributed by atoms with Crippen LogP contribution in [0.1, 0.15) is 5.56 Å². The summed E-state index contributed by atoms with van der Waals surface area (Å²) in [5.74, 6) is 2.39. The molecule has 2 aromatic rings. The molecule has 0 saturated heterocycles. The highest BCUT2D eigenvalue weighted by molar-refractivity contribution is 5.75. The van der Waals surface area contributed by atoms with E-state index in [1.165, 1.54) is 10.6 Å². The first-order chi connectivity index (χ1) is 7.77. The van der Waals surface area contributed by atoms with Gasteiger partial charge in [0.05, 0.1) is 17.6 Å². The van der Waals surface area contributed by atoms with E-state index in [0.29, 0.717) is 11.0 Å². The van der Waals surface area contributed by atoms with Crippen LogP contribution >= 0.6 is 0 Å². The van der Waals surface area contributed by atoms with Crippen molar-refractivity contribution in [3.8, 4) is 18.4 Å². The Kier molecular flexibility index (Phi) is 2.41. The molecule has 76 valence electrons. The fourth-order valence-electron chi connectivity index (χ4n) is 1.53. The summed E-state index contributed by atoms with van der Waals surface area (Å²) >= 11 is 0. The third-order valence-electron chi connectivity index (χ3n) is 2.23. The zero-order chi connectivity index (χ0) is 11.5. The SMILES string of the molecule is C#CCn1c(=O)c(C#N)cc2ncccc21. The van der Waals surface area contributed by atoms with Gasteiger partial charge in [-0.25, -0.2) is 0 Å². The topological polar surface area (TPSA) is 58.7 Å². The molecular formula is C12H7N3O. The number of pyridine rings is 2. The molecular weight excluding hydrogens is 202 g/mol. The van der Waals surface area contributed by atoms with Crippen molar-refractivity contribution < 1.29 is 0 Å². The van der Waals surface area contributed by atoms with Gasteiger partial charge in [-0.05, 0) is 18.2 Å². The summed E-state index contributed by atoms with van der Waals surface area (Å²) in [7, 11) is 0. The van der Waals surface area contributed by atoms with Gasteiger partial charge in [-0.1, -0.05) is 5.92 Å². The molecule has 16 heavy (non-hydrogen) atoms. The Morgan fingerprint density at radius 2 is 2.38 bits per heavy atom. The van der Waals surface area contributed by atoms with Crippen molar-refractivity contribution in [1.82, 2.24) is 9.55 Å². The van der Waals surface area contributed by atoms with E-state index in [-0.39, 0.29) is 17.7 Å². The van der Waals surface area contributed by atoms with Gasteiger partial charge < -0.3 is 0 Å². The van der Waals surface area contributed by atoms with E-state index in [9.17, 15) is 4.79 Å². The average Bonchev–Trinajstić information content (AvgIpc) is 2.32. The number of terminal acetylenes is 1. The highest BCUT2D eigenvalue weighted by Crippen LogP contribution is 2.09. The lowest BCUT2D eigenvalue weighted by Crippen LogP contribution is -2.22. The van der Waals surface area contributed by atoms with Crippen LogP contribution in [0.4, 0.5) is 0 Å². The molecule has 2 aromatic heterocycles. The minimum absolute atomic E-state index is 0.0569. The molecule has 2 rings (SSSR count). The van der Waals surface area contributed by atoms with Crippen LogP contribution in [0.2, 0.25) is 0 Å². The summed E-state index contributed by atoms with van der Waals surface area (Å²) in [5.41, 5.74) is 0.917. The quantitative estimate of drug-likeness (QED) is 0.655. The van der Waals surface area contributed by atoms with Crippen LogP contribution in [0.25, 0.3) is 11.0 Å². The molecule has 4 nitrogen and oxygen atoms in total. The van der Waals surface area contributed by atoms with Gasteiger partial charge >= 0.3 is 0 Å². The van der Waals surface area contributed by atoms with Crippen LogP contribution in [0.5, 0.6) is 0 Å².